The zero-order valence-electron chi connectivity index (χ0n) is 7.35. The lowest BCUT2D eigenvalue weighted by Crippen LogP contribution is -1.66. The monoisotopic (exact) mass is 189 g/mol. The Morgan fingerprint density at radius 3 is 2.38 bits per heavy atom. The average molecular weight is 189 g/mol. The average Bonchev–Trinajstić information content (AvgIpc) is 2.14. The Kier molecular flexibility index (Phi) is 6.51. The summed E-state index contributed by atoms with van der Waals surface area (Å²) >= 11 is 0. The van der Waals surface area contributed by atoms with Crippen molar-refractivity contribution in [3.8, 4) is 6.07 Å². The van der Waals surface area contributed by atoms with Gasteiger partial charge in [0, 0.05) is 6.08 Å². The minimum absolute atomic E-state index is 0. The highest BCUT2D eigenvalue weighted by atomic mass is 31.0. The highest BCUT2D eigenvalue weighted by Crippen LogP contribution is 2.00. The number of rotatable bonds is 2. The van der Waals surface area contributed by atoms with E-state index in [2.05, 4.69) is 0 Å². The second kappa shape index (κ2) is 7.28. The molecule has 66 valence electrons. The molecule has 0 bridgehead atoms. The number of benzene rings is 1. The van der Waals surface area contributed by atoms with Crippen molar-refractivity contribution in [2.24, 2.45) is 0 Å². The van der Waals surface area contributed by atoms with Gasteiger partial charge in [-0.2, -0.15) is 15.2 Å². The van der Waals surface area contributed by atoms with E-state index in [-0.39, 0.29) is 9.90 Å². The molecule has 1 unspecified atom stereocenters. The molecule has 13 heavy (non-hydrogen) atoms. The summed E-state index contributed by atoms with van der Waals surface area (Å²) in [7, 11) is 0. The summed E-state index contributed by atoms with van der Waals surface area (Å²) in [4.78, 5) is 0. The summed E-state index contributed by atoms with van der Waals surface area (Å²) in [6, 6.07) is 11.9. The van der Waals surface area contributed by atoms with Crippen LogP contribution < -0.4 is 0 Å². The van der Waals surface area contributed by atoms with Crippen LogP contribution in [0.5, 0.6) is 0 Å². The number of nitriles is 1. The van der Waals surface area contributed by atoms with Crippen molar-refractivity contribution in [3.63, 3.8) is 0 Å². The van der Waals surface area contributed by atoms with E-state index in [1.165, 1.54) is 6.08 Å². The molecule has 1 aromatic rings. The van der Waals surface area contributed by atoms with Gasteiger partial charge in [-0.1, -0.05) is 48.6 Å². The van der Waals surface area contributed by atoms with Gasteiger partial charge in [0.25, 0.3) is 0 Å². The third-order valence-corrected chi connectivity index (χ3v) is 1.37. The molecule has 0 N–H and O–H groups in total. The van der Waals surface area contributed by atoms with Crippen molar-refractivity contribution < 1.29 is 0 Å². The third kappa shape index (κ3) is 4.95. The van der Waals surface area contributed by atoms with Gasteiger partial charge in [-0.15, -0.1) is 0 Å². The van der Waals surface area contributed by atoms with Crippen LogP contribution in [0, 0.1) is 11.3 Å². The van der Waals surface area contributed by atoms with Crippen LogP contribution in [0.15, 0.2) is 48.6 Å². The fourth-order valence-corrected chi connectivity index (χ4v) is 0.829. The number of nitrogens with zero attached hydrogens (tertiary/aromatic N) is 1. The first-order chi connectivity index (χ1) is 5.93. The van der Waals surface area contributed by atoms with Crippen LogP contribution in [0.2, 0.25) is 0 Å². The molecule has 0 aromatic heterocycles. The summed E-state index contributed by atoms with van der Waals surface area (Å²) in [6.45, 7) is 0. The molecule has 1 rings (SSSR count). The Labute approximate surface area is 82.0 Å². The summed E-state index contributed by atoms with van der Waals surface area (Å²) in [5.74, 6) is 0. The van der Waals surface area contributed by atoms with Gasteiger partial charge in [-0.25, -0.2) is 0 Å². The lowest BCUT2D eigenvalue weighted by atomic mass is 10.2. The lowest BCUT2D eigenvalue weighted by Gasteiger charge is -1.87. The molecule has 0 aliphatic rings. The number of allylic oxidation sites excluding steroid dienone is 3. The lowest BCUT2D eigenvalue weighted by molar-refractivity contribution is 1.53. The second-order valence-electron chi connectivity index (χ2n) is 2.26. The van der Waals surface area contributed by atoms with Crippen molar-refractivity contribution in [2.75, 3.05) is 0 Å². The van der Waals surface area contributed by atoms with E-state index in [1.54, 1.807) is 6.08 Å². The Bertz CT molecular complexity index is 320. The number of hydrogen-bond acceptors (Lipinski definition) is 1. The fourth-order valence-electron chi connectivity index (χ4n) is 0.829. The topological polar surface area (TPSA) is 23.8 Å². The highest BCUT2D eigenvalue weighted by molar-refractivity contribution is 6.92. The maximum absolute atomic E-state index is 8.19. The molecule has 0 spiro atoms. The Hall–Kier alpha value is -1.38. The standard InChI is InChI=1S/C11H9N.H3P/c12-10-6-2-5-9-11-7-3-1-4-8-11;/h1-9H;1H3. The van der Waals surface area contributed by atoms with Gasteiger partial charge in [0.05, 0.1) is 6.07 Å². The molecule has 0 aliphatic carbocycles. The highest BCUT2D eigenvalue weighted by Gasteiger charge is 1.78. The molecule has 0 amide bonds. The van der Waals surface area contributed by atoms with E-state index in [0.717, 1.165) is 5.56 Å². The normalized spacial score (nSPS) is 9.77. The van der Waals surface area contributed by atoms with Crippen LogP contribution in [0.3, 0.4) is 0 Å². The van der Waals surface area contributed by atoms with Crippen LogP contribution in [0.1, 0.15) is 5.56 Å². The summed E-state index contributed by atoms with van der Waals surface area (Å²) in [6.07, 6.45) is 6.96. The molecule has 1 aromatic carbocycles. The summed E-state index contributed by atoms with van der Waals surface area (Å²) < 4.78 is 0. The predicted molar refractivity (Wildman–Crippen MR) is 61.3 cm³/mol. The van der Waals surface area contributed by atoms with Crippen molar-refractivity contribution in [1.82, 2.24) is 0 Å². The molecule has 0 saturated heterocycles. The van der Waals surface area contributed by atoms with Crippen LogP contribution in [-0.4, -0.2) is 0 Å². The Balaban J connectivity index is 0.00000144. The van der Waals surface area contributed by atoms with E-state index in [4.69, 9.17) is 5.26 Å². The van der Waals surface area contributed by atoms with Crippen LogP contribution in [0.25, 0.3) is 6.08 Å². The molecular weight excluding hydrogens is 177 g/mol. The van der Waals surface area contributed by atoms with Gasteiger partial charge in [0.1, 0.15) is 0 Å². The molecule has 2 heteroatoms. The molecule has 0 fully saturated rings. The summed E-state index contributed by atoms with van der Waals surface area (Å²) in [5.41, 5.74) is 1.14. The first kappa shape index (κ1) is 11.6. The largest absolute Gasteiger partial charge is 0.193 e. The zero-order chi connectivity index (χ0) is 8.65. The van der Waals surface area contributed by atoms with Gasteiger partial charge in [-0.05, 0) is 5.56 Å². The molecule has 1 nitrogen and oxygen atoms in total. The van der Waals surface area contributed by atoms with Crippen molar-refractivity contribution in [1.29, 1.82) is 5.26 Å². The van der Waals surface area contributed by atoms with Gasteiger partial charge < -0.3 is 0 Å². The van der Waals surface area contributed by atoms with Crippen molar-refractivity contribution in [3.05, 3.63) is 54.1 Å². The minimum Gasteiger partial charge on any atom is -0.193 e. The van der Waals surface area contributed by atoms with Crippen LogP contribution in [0.4, 0.5) is 0 Å². The van der Waals surface area contributed by atoms with E-state index in [9.17, 15) is 0 Å². The van der Waals surface area contributed by atoms with Gasteiger partial charge in [-0.3, -0.25) is 0 Å². The predicted octanol–water partition coefficient (Wildman–Crippen LogP) is 2.84. The van der Waals surface area contributed by atoms with E-state index >= 15 is 0 Å². The second-order valence-corrected chi connectivity index (χ2v) is 2.26. The minimum atomic E-state index is 0. The Morgan fingerprint density at radius 1 is 1.08 bits per heavy atom. The Morgan fingerprint density at radius 2 is 1.77 bits per heavy atom. The molecule has 0 saturated carbocycles. The fraction of sp³-hybridized carbons (Fsp3) is 0. The first-order valence-corrected chi connectivity index (χ1v) is 3.71. The van der Waals surface area contributed by atoms with Crippen molar-refractivity contribution >= 4 is 16.0 Å². The van der Waals surface area contributed by atoms with Gasteiger partial charge >= 0.3 is 0 Å². The molecular formula is C11H12NP. The first-order valence-electron chi connectivity index (χ1n) is 3.71. The van der Waals surface area contributed by atoms with Gasteiger partial charge in [0.2, 0.25) is 0 Å². The smallest absolute Gasteiger partial charge is 0.0912 e. The molecule has 0 radical (unpaired) electrons. The van der Waals surface area contributed by atoms with E-state index < -0.39 is 0 Å². The zero-order valence-corrected chi connectivity index (χ0v) is 8.76. The maximum Gasteiger partial charge on any atom is 0.0912 e. The molecule has 1 atom stereocenters. The van der Waals surface area contributed by atoms with Gasteiger partial charge in [0.15, 0.2) is 0 Å². The van der Waals surface area contributed by atoms with E-state index in [0.29, 0.717) is 0 Å². The molecule has 0 aliphatic heterocycles. The maximum atomic E-state index is 8.19. The van der Waals surface area contributed by atoms with E-state index in [1.807, 2.05) is 48.6 Å². The van der Waals surface area contributed by atoms with Crippen molar-refractivity contribution in [2.45, 2.75) is 0 Å². The quantitative estimate of drug-likeness (QED) is 0.398. The number of hydrogen-bond donors (Lipinski definition) is 0. The third-order valence-electron chi connectivity index (χ3n) is 1.37. The summed E-state index contributed by atoms with van der Waals surface area (Å²) in [5, 5.41) is 8.19. The molecule has 0 heterocycles. The van der Waals surface area contributed by atoms with Crippen LogP contribution >= 0.6 is 9.90 Å². The van der Waals surface area contributed by atoms with Crippen LogP contribution in [-0.2, 0) is 0 Å². The SMILES string of the molecule is N#CC=CC=Cc1ccccc1.P.